The van der Waals surface area contributed by atoms with Crippen LogP contribution in [0.2, 0.25) is 0 Å². The lowest BCUT2D eigenvalue weighted by Gasteiger charge is -2.24. The lowest BCUT2D eigenvalue weighted by Crippen LogP contribution is -2.23. The highest BCUT2D eigenvalue weighted by Gasteiger charge is 2.24. The first-order valence-corrected chi connectivity index (χ1v) is 7.53. The molecule has 0 aliphatic heterocycles. The summed E-state index contributed by atoms with van der Waals surface area (Å²) in [5.41, 5.74) is 0. The van der Waals surface area contributed by atoms with Gasteiger partial charge in [0.05, 0.1) is 0 Å². The van der Waals surface area contributed by atoms with E-state index in [0.29, 0.717) is 11.7 Å². The van der Waals surface area contributed by atoms with Gasteiger partial charge in [-0.05, 0) is 25.2 Å². The van der Waals surface area contributed by atoms with E-state index in [4.69, 9.17) is 0 Å². The summed E-state index contributed by atoms with van der Waals surface area (Å²) in [4.78, 5) is 12.3. The summed E-state index contributed by atoms with van der Waals surface area (Å²) in [6.45, 7) is 10.6. The Morgan fingerprint density at radius 2 is 1.71 bits per heavy atom. The van der Waals surface area contributed by atoms with Crippen LogP contribution < -0.4 is 0 Å². The SMILES string of the molecule is [CH2]CC(CC)C(CCCC)C(=O)CCCCC. The van der Waals surface area contributed by atoms with E-state index in [2.05, 4.69) is 27.7 Å². The van der Waals surface area contributed by atoms with Crippen LogP contribution in [0.15, 0.2) is 0 Å². The Morgan fingerprint density at radius 3 is 2.18 bits per heavy atom. The molecule has 1 radical (unpaired) electrons. The number of carbonyl (C=O) groups excluding carboxylic acids is 1. The van der Waals surface area contributed by atoms with Crippen LogP contribution in [0.5, 0.6) is 0 Å². The average Bonchev–Trinajstić information content (AvgIpc) is 2.34. The van der Waals surface area contributed by atoms with Crippen molar-refractivity contribution < 1.29 is 4.79 Å². The molecule has 2 atom stereocenters. The summed E-state index contributed by atoms with van der Waals surface area (Å²) in [5, 5.41) is 0. The van der Waals surface area contributed by atoms with Gasteiger partial charge in [0.2, 0.25) is 0 Å². The molecule has 0 bridgehead atoms. The molecule has 17 heavy (non-hydrogen) atoms. The van der Waals surface area contributed by atoms with E-state index in [-0.39, 0.29) is 5.92 Å². The molecule has 0 aromatic heterocycles. The quantitative estimate of drug-likeness (QED) is 0.453. The molecule has 0 rings (SSSR count). The van der Waals surface area contributed by atoms with Crippen molar-refractivity contribution in [2.45, 2.75) is 78.6 Å². The predicted octanol–water partition coefficient (Wildman–Crippen LogP) is 5.19. The van der Waals surface area contributed by atoms with E-state index in [0.717, 1.165) is 32.1 Å². The lowest BCUT2D eigenvalue weighted by molar-refractivity contribution is -0.125. The lowest BCUT2D eigenvalue weighted by atomic mass is 9.80. The summed E-state index contributed by atoms with van der Waals surface area (Å²) in [6.07, 6.45) is 9.70. The minimum Gasteiger partial charge on any atom is -0.299 e. The summed E-state index contributed by atoms with van der Waals surface area (Å²) in [5.74, 6) is 1.30. The molecule has 1 heteroatoms. The van der Waals surface area contributed by atoms with Crippen LogP contribution in [0.1, 0.15) is 78.6 Å². The first kappa shape index (κ1) is 16.7. The second-order valence-electron chi connectivity index (χ2n) is 5.13. The van der Waals surface area contributed by atoms with Crippen LogP contribution in [0.3, 0.4) is 0 Å². The van der Waals surface area contributed by atoms with Crippen LogP contribution in [-0.2, 0) is 4.79 Å². The van der Waals surface area contributed by atoms with Gasteiger partial charge < -0.3 is 0 Å². The number of Topliss-reactive ketones (excluding diaryl/α,β-unsaturated/α-hetero) is 1. The van der Waals surface area contributed by atoms with Gasteiger partial charge in [0.1, 0.15) is 5.78 Å². The van der Waals surface area contributed by atoms with Crippen molar-refractivity contribution in [3.63, 3.8) is 0 Å². The van der Waals surface area contributed by atoms with Gasteiger partial charge in [-0.1, -0.05) is 59.8 Å². The molecular weight excluding hydrogens is 208 g/mol. The standard InChI is InChI=1S/C16H31O/c1-5-9-11-13-16(17)15(12-10-6-2)14(7-3)8-4/h14-15H,3,5-13H2,1-2,4H3. The highest BCUT2D eigenvalue weighted by atomic mass is 16.1. The summed E-state index contributed by atoms with van der Waals surface area (Å²) in [7, 11) is 0. The van der Waals surface area contributed by atoms with Crippen molar-refractivity contribution in [3.8, 4) is 0 Å². The zero-order valence-electron chi connectivity index (χ0n) is 12.1. The Kier molecular flexibility index (Phi) is 10.6. The molecule has 0 heterocycles. The fourth-order valence-corrected chi connectivity index (χ4v) is 2.51. The molecule has 1 nitrogen and oxygen atoms in total. The number of hydrogen-bond acceptors (Lipinski definition) is 1. The summed E-state index contributed by atoms with van der Waals surface area (Å²) in [6, 6.07) is 0. The van der Waals surface area contributed by atoms with E-state index in [1.54, 1.807) is 0 Å². The summed E-state index contributed by atoms with van der Waals surface area (Å²) >= 11 is 0. The van der Waals surface area contributed by atoms with Crippen molar-refractivity contribution in [3.05, 3.63) is 6.92 Å². The molecule has 2 unspecified atom stereocenters. The van der Waals surface area contributed by atoms with Crippen molar-refractivity contribution >= 4 is 5.78 Å². The topological polar surface area (TPSA) is 17.1 Å². The number of ketones is 1. The Balaban J connectivity index is 4.27. The average molecular weight is 239 g/mol. The minimum atomic E-state index is 0.286. The Bertz CT molecular complexity index is 182. The highest BCUT2D eigenvalue weighted by molar-refractivity contribution is 5.81. The van der Waals surface area contributed by atoms with Gasteiger partial charge in [0.15, 0.2) is 0 Å². The van der Waals surface area contributed by atoms with E-state index in [1.807, 2.05) is 0 Å². The molecule has 0 N–H and O–H groups in total. The molecule has 0 amide bonds. The van der Waals surface area contributed by atoms with E-state index >= 15 is 0 Å². The first-order valence-electron chi connectivity index (χ1n) is 7.53. The van der Waals surface area contributed by atoms with Gasteiger partial charge in [-0.25, -0.2) is 0 Å². The molecule has 0 spiro atoms. The molecule has 101 valence electrons. The molecule has 0 saturated heterocycles. The fourth-order valence-electron chi connectivity index (χ4n) is 2.51. The second kappa shape index (κ2) is 10.8. The minimum absolute atomic E-state index is 0.286. The van der Waals surface area contributed by atoms with Crippen molar-refractivity contribution in [2.24, 2.45) is 11.8 Å². The Labute approximate surface area is 108 Å². The normalized spacial score (nSPS) is 13.0. The molecule has 0 aliphatic carbocycles. The monoisotopic (exact) mass is 239 g/mol. The zero-order chi connectivity index (χ0) is 13.1. The maximum absolute atomic E-state index is 12.3. The third kappa shape index (κ3) is 6.85. The van der Waals surface area contributed by atoms with Gasteiger partial charge in [-0.2, -0.15) is 0 Å². The molecule has 0 aromatic rings. The maximum Gasteiger partial charge on any atom is 0.136 e. The zero-order valence-corrected chi connectivity index (χ0v) is 12.1. The van der Waals surface area contributed by atoms with E-state index in [9.17, 15) is 4.79 Å². The van der Waals surface area contributed by atoms with Crippen LogP contribution in [-0.4, -0.2) is 5.78 Å². The number of rotatable bonds is 11. The van der Waals surface area contributed by atoms with E-state index < -0.39 is 0 Å². The third-order valence-electron chi connectivity index (χ3n) is 3.77. The largest absolute Gasteiger partial charge is 0.299 e. The molecule has 0 saturated carbocycles. The first-order chi connectivity index (χ1) is 8.21. The van der Waals surface area contributed by atoms with E-state index in [1.165, 1.54) is 25.7 Å². The predicted molar refractivity (Wildman–Crippen MR) is 75.9 cm³/mol. The van der Waals surface area contributed by atoms with Gasteiger partial charge in [-0.3, -0.25) is 4.79 Å². The molecule has 0 aromatic carbocycles. The Hall–Kier alpha value is -0.330. The van der Waals surface area contributed by atoms with Crippen molar-refractivity contribution in [2.75, 3.05) is 0 Å². The van der Waals surface area contributed by atoms with Crippen molar-refractivity contribution in [1.29, 1.82) is 0 Å². The second-order valence-corrected chi connectivity index (χ2v) is 5.13. The third-order valence-corrected chi connectivity index (χ3v) is 3.77. The Morgan fingerprint density at radius 1 is 1.06 bits per heavy atom. The fraction of sp³-hybridized carbons (Fsp3) is 0.875. The number of carbonyl (C=O) groups is 1. The maximum atomic E-state index is 12.3. The number of hydrogen-bond donors (Lipinski definition) is 0. The molecular formula is C16H31O. The number of unbranched alkanes of at least 4 members (excludes halogenated alkanes) is 3. The van der Waals surface area contributed by atoms with Crippen molar-refractivity contribution in [1.82, 2.24) is 0 Å². The molecule has 0 aliphatic rings. The van der Waals surface area contributed by atoms with Gasteiger partial charge in [0.25, 0.3) is 0 Å². The summed E-state index contributed by atoms with van der Waals surface area (Å²) < 4.78 is 0. The smallest absolute Gasteiger partial charge is 0.136 e. The van der Waals surface area contributed by atoms with Gasteiger partial charge >= 0.3 is 0 Å². The van der Waals surface area contributed by atoms with Crippen LogP contribution in [0.25, 0.3) is 0 Å². The highest BCUT2D eigenvalue weighted by Crippen LogP contribution is 2.27. The van der Waals surface area contributed by atoms with Crippen LogP contribution in [0, 0.1) is 18.8 Å². The molecule has 0 fully saturated rings. The van der Waals surface area contributed by atoms with Gasteiger partial charge in [-0.15, -0.1) is 0 Å². The van der Waals surface area contributed by atoms with Gasteiger partial charge in [0, 0.05) is 12.3 Å². The van der Waals surface area contributed by atoms with Crippen LogP contribution in [0.4, 0.5) is 0 Å². The van der Waals surface area contributed by atoms with Crippen LogP contribution >= 0.6 is 0 Å².